The lowest BCUT2D eigenvalue weighted by atomic mass is 9.85. The van der Waals surface area contributed by atoms with Crippen LogP contribution in [0.3, 0.4) is 0 Å². The first-order valence-corrected chi connectivity index (χ1v) is 6.81. The largest absolute Gasteiger partial charge is 0.270 e. The van der Waals surface area contributed by atoms with E-state index in [2.05, 4.69) is 29.7 Å². The maximum atomic E-state index is 6.41. The topological polar surface area (TPSA) is 17.8 Å². The minimum atomic E-state index is 0.370. The number of aryl methyl sites for hydroxylation is 2. The van der Waals surface area contributed by atoms with Gasteiger partial charge >= 0.3 is 0 Å². The third-order valence-corrected chi connectivity index (χ3v) is 4.15. The zero-order chi connectivity index (χ0) is 11.5. The summed E-state index contributed by atoms with van der Waals surface area (Å²) >= 11 is 6.41. The van der Waals surface area contributed by atoms with Crippen molar-refractivity contribution in [3.63, 3.8) is 0 Å². The van der Waals surface area contributed by atoms with E-state index in [1.54, 1.807) is 0 Å². The molecule has 2 rings (SSSR count). The molecule has 0 amide bonds. The van der Waals surface area contributed by atoms with Gasteiger partial charge in [-0.25, -0.2) is 0 Å². The summed E-state index contributed by atoms with van der Waals surface area (Å²) in [6, 6.07) is 2.21. The average molecular weight is 241 g/mol. The number of rotatable bonds is 3. The molecule has 1 saturated carbocycles. The highest BCUT2D eigenvalue weighted by Gasteiger charge is 2.24. The van der Waals surface area contributed by atoms with E-state index in [9.17, 15) is 0 Å². The van der Waals surface area contributed by atoms with E-state index >= 15 is 0 Å². The Morgan fingerprint density at radius 1 is 1.44 bits per heavy atom. The minimum absolute atomic E-state index is 0.370. The van der Waals surface area contributed by atoms with Crippen LogP contribution in [0.5, 0.6) is 0 Å². The van der Waals surface area contributed by atoms with Crippen LogP contribution in [0.1, 0.15) is 44.0 Å². The van der Waals surface area contributed by atoms with Gasteiger partial charge in [-0.05, 0) is 45.1 Å². The van der Waals surface area contributed by atoms with Crippen molar-refractivity contribution in [2.24, 2.45) is 5.92 Å². The smallest absolute Gasteiger partial charge is 0.0596 e. The van der Waals surface area contributed by atoms with E-state index in [-0.39, 0.29) is 0 Å². The predicted octanol–water partition coefficient (Wildman–Crippen LogP) is 3.55. The number of nitrogens with zero attached hydrogens (tertiary/aromatic N) is 2. The Kier molecular flexibility index (Phi) is 3.91. The maximum absolute atomic E-state index is 6.41. The van der Waals surface area contributed by atoms with Gasteiger partial charge in [-0.3, -0.25) is 4.68 Å². The molecule has 16 heavy (non-hydrogen) atoms. The van der Waals surface area contributed by atoms with E-state index in [0.717, 1.165) is 18.7 Å². The highest BCUT2D eigenvalue weighted by Crippen LogP contribution is 2.31. The van der Waals surface area contributed by atoms with E-state index in [1.807, 2.05) is 0 Å². The molecule has 1 fully saturated rings. The van der Waals surface area contributed by atoms with Crippen LogP contribution in [-0.2, 0) is 13.0 Å². The normalized spacial score (nSPS) is 25.9. The summed E-state index contributed by atoms with van der Waals surface area (Å²) in [5, 5.41) is 4.86. The summed E-state index contributed by atoms with van der Waals surface area (Å²) < 4.78 is 2.12. The van der Waals surface area contributed by atoms with Crippen molar-refractivity contribution in [3.05, 3.63) is 17.5 Å². The van der Waals surface area contributed by atoms with Crippen LogP contribution in [0.4, 0.5) is 0 Å². The third-order valence-electron chi connectivity index (χ3n) is 3.57. The Morgan fingerprint density at radius 2 is 2.19 bits per heavy atom. The first-order valence-electron chi connectivity index (χ1n) is 6.38. The van der Waals surface area contributed by atoms with E-state index in [4.69, 9.17) is 11.6 Å². The fraction of sp³-hybridized carbons (Fsp3) is 0.769. The molecule has 0 spiro atoms. The maximum Gasteiger partial charge on any atom is 0.0596 e. The molecule has 0 saturated heterocycles. The van der Waals surface area contributed by atoms with Gasteiger partial charge < -0.3 is 0 Å². The standard InChI is InChI=1S/C13H21ClN2/c1-3-16-12(8-10(2)15-16)9-11-6-4-5-7-13(11)14/h8,11,13H,3-7,9H2,1-2H3. The lowest BCUT2D eigenvalue weighted by molar-refractivity contribution is 0.356. The van der Waals surface area contributed by atoms with Gasteiger partial charge in [-0.2, -0.15) is 5.10 Å². The second-order valence-electron chi connectivity index (χ2n) is 4.86. The molecular weight excluding hydrogens is 220 g/mol. The second-order valence-corrected chi connectivity index (χ2v) is 5.42. The molecule has 1 aliphatic carbocycles. The Balaban J connectivity index is 2.06. The molecule has 1 heterocycles. The van der Waals surface area contributed by atoms with E-state index in [0.29, 0.717) is 11.3 Å². The molecule has 0 bridgehead atoms. The van der Waals surface area contributed by atoms with Crippen LogP contribution >= 0.6 is 11.6 Å². The number of aromatic nitrogens is 2. The van der Waals surface area contributed by atoms with Gasteiger partial charge in [0, 0.05) is 17.6 Å². The zero-order valence-corrected chi connectivity index (χ0v) is 11.0. The monoisotopic (exact) mass is 240 g/mol. The molecule has 2 unspecified atom stereocenters. The van der Waals surface area contributed by atoms with Crippen LogP contribution in [0.2, 0.25) is 0 Å². The first-order chi connectivity index (χ1) is 7.70. The molecule has 1 aromatic rings. The zero-order valence-electron chi connectivity index (χ0n) is 10.2. The molecule has 3 heteroatoms. The van der Waals surface area contributed by atoms with E-state index < -0.39 is 0 Å². The van der Waals surface area contributed by atoms with Crippen molar-refractivity contribution >= 4 is 11.6 Å². The van der Waals surface area contributed by atoms with Crippen molar-refractivity contribution in [3.8, 4) is 0 Å². The highest BCUT2D eigenvalue weighted by molar-refractivity contribution is 6.20. The Hall–Kier alpha value is -0.500. The molecule has 2 nitrogen and oxygen atoms in total. The third kappa shape index (κ3) is 2.60. The van der Waals surface area contributed by atoms with Gasteiger partial charge in [0.05, 0.1) is 5.69 Å². The Morgan fingerprint density at radius 3 is 2.88 bits per heavy atom. The molecule has 0 aromatic carbocycles. The van der Waals surface area contributed by atoms with Gasteiger partial charge in [0.1, 0.15) is 0 Å². The lowest BCUT2D eigenvalue weighted by Gasteiger charge is -2.27. The molecule has 1 aromatic heterocycles. The van der Waals surface area contributed by atoms with Gasteiger partial charge in [-0.15, -0.1) is 11.6 Å². The van der Waals surface area contributed by atoms with Crippen LogP contribution in [0.25, 0.3) is 0 Å². The van der Waals surface area contributed by atoms with Crippen molar-refractivity contribution < 1.29 is 0 Å². The Bertz CT molecular complexity index is 346. The number of hydrogen-bond donors (Lipinski definition) is 0. The fourth-order valence-corrected chi connectivity index (χ4v) is 3.07. The molecule has 0 aliphatic heterocycles. The van der Waals surface area contributed by atoms with E-state index in [1.165, 1.54) is 31.4 Å². The van der Waals surface area contributed by atoms with Crippen molar-refractivity contribution in [2.75, 3.05) is 0 Å². The Labute approximate surface area is 103 Å². The predicted molar refractivity (Wildman–Crippen MR) is 67.9 cm³/mol. The summed E-state index contributed by atoms with van der Waals surface area (Å²) in [6.45, 7) is 5.17. The minimum Gasteiger partial charge on any atom is -0.270 e. The quantitative estimate of drug-likeness (QED) is 0.739. The second kappa shape index (κ2) is 5.22. The van der Waals surface area contributed by atoms with Gasteiger partial charge in [0.2, 0.25) is 0 Å². The van der Waals surface area contributed by atoms with Crippen LogP contribution in [-0.4, -0.2) is 15.2 Å². The lowest BCUT2D eigenvalue weighted by Crippen LogP contribution is -2.23. The first kappa shape index (κ1) is 12.0. The van der Waals surface area contributed by atoms with Gasteiger partial charge in [-0.1, -0.05) is 12.8 Å². The number of hydrogen-bond acceptors (Lipinski definition) is 1. The van der Waals surface area contributed by atoms with Crippen molar-refractivity contribution in [1.82, 2.24) is 9.78 Å². The number of alkyl halides is 1. The molecule has 0 N–H and O–H groups in total. The number of halogens is 1. The summed E-state index contributed by atoms with van der Waals surface area (Å²) in [6.07, 6.45) is 6.21. The van der Waals surface area contributed by atoms with Crippen molar-refractivity contribution in [1.29, 1.82) is 0 Å². The van der Waals surface area contributed by atoms with Crippen molar-refractivity contribution in [2.45, 2.75) is 57.9 Å². The van der Waals surface area contributed by atoms with Crippen LogP contribution in [0, 0.1) is 12.8 Å². The van der Waals surface area contributed by atoms with Gasteiger partial charge in [0.15, 0.2) is 0 Å². The molecule has 1 aliphatic rings. The van der Waals surface area contributed by atoms with Gasteiger partial charge in [0.25, 0.3) is 0 Å². The summed E-state index contributed by atoms with van der Waals surface area (Å²) in [4.78, 5) is 0. The molecular formula is C13H21ClN2. The van der Waals surface area contributed by atoms with Crippen LogP contribution in [0.15, 0.2) is 6.07 Å². The van der Waals surface area contributed by atoms with Crippen LogP contribution < -0.4 is 0 Å². The molecule has 2 atom stereocenters. The fourth-order valence-electron chi connectivity index (χ4n) is 2.70. The highest BCUT2D eigenvalue weighted by atomic mass is 35.5. The molecule has 0 radical (unpaired) electrons. The summed E-state index contributed by atoms with van der Waals surface area (Å²) in [5.74, 6) is 0.650. The summed E-state index contributed by atoms with van der Waals surface area (Å²) in [7, 11) is 0. The molecule has 90 valence electrons. The summed E-state index contributed by atoms with van der Waals surface area (Å²) in [5.41, 5.74) is 2.48. The SMILES string of the molecule is CCn1nc(C)cc1CC1CCCCC1Cl. The average Bonchev–Trinajstić information content (AvgIpc) is 2.62.